The summed E-state index contributed by atoms with van der Waals surface area (Å²) in [6.45, 7) is 2.39. The number of amides is 1. The average Bonchev–Trinajstić information content (AvgIpc) is 2.53. The third-order valence-electron chi connectivity index (χ3n) is 5.43. The average molecular weight is 312 g/mol. The number of carboxylic acid groups (broad SMARTS) is 1. The Morgan fingerprint density at radius 2 is 1.73 bits per heavy atom. The molecule has 2 atom stereocenters. The molecule has 124 valence electrons. The molecule has 0 spiro atoms. The van der Waals surface area contributed by atoms with Crippen LogP contribution in [0.25, 0.3) is 0 Å². The number of hydrogen-bond acceptors (Lipinski definition) is 4. The molecule has 2 aliphatic rings. The van der Waals surface area contributed by atoms with Crippen molar-refractivity contribution < 1.29 is 29.1 Å². The zero-order valence-corrected chi connectivity index (χ0v) is 13.2. The second-order valence-electron chi connectivity index (χ2n) is 6.65. The van der Waals surface area contributed by atoms with E-state index < -0.39 is 29.3 Å². The quantitative estimate of drug-likeness (QED) is 0.602. The molecule has 2 rings (SSSR count). The minimum Gasteiger partial charge on any atom is -0.477 e. The lowest BCUT2D eigenvalue weighted by atomic mass is 9.80. The summed E-state index contributed by atoms with van der Waals surface area (Å²) in [5, 5.41) is 20.0. The van der Waals surface area contributed by atoms with Gasteiger partial charge in [0.2, 0.25) is 0 Å². The van der Waals surface area contributed by atoms with Gasteiger partial charge in [-0.3, -0.25) is 4.79 Å². The predicted octanol–water partition coefficient (Wildman–Crippen LogP) is 1.25. The van der Waals surface area contributed by atoms with Crippen LogP contribution in [0.2, 0.25) is 0 Å². The third kappa shape index (κ3) is 2.82. The van der Waals surface area contributed by atoms with Crippen LogP contribution in [0.1, 0.15) is 58.3 Å². The Labute approximate surface area is 130 Å². The molecule has 2 unspecified atom stereocenters. The van der Waals surface area contributed by atoms with E-state index in [-0.39, 0.29) is 11.0 Å². The molecule has 22 heavy (non-hydrogen) atoms. The van der Waals surface area contributed by atoms with E-state index in [9.17, 15) is 24.6 Å². The van der Waals surface area contributed by atoms with Crippen LogP contribution >= 0.6 is 0 Å². The summed E-state index contributed by atoms with van der Waals surface area (Å²) in [5.41, 5.74) is -1.59. The van der Waals surface area contributed by atoms with Gasteiger partial charge in [-0.2, -0.15) is 0 Å². The molecule has 6 nitrogen and oxygen atoms in total. The maximum Gasteiger partial charge on any atom is 0.385 e. The van der Waals surface area contributed by atoms with Crippen molar-refractivity contribution in [1.29, 1.82) is 0 Å². The van der Waals surface area contributed by atoms with Crippen molar-refractivity contribution in [3.63, 3.8) is 0 Å². The number of ketones is 1. The van der Waals surface area contributed by atoms with Crippen molar-refractivity contribution in [3.8, 4) is 0 Å². The van der Waals surface area contributed by atoms with Gasteiger partial charge in [-0.25, -0.2) is 14.1 Å². The van der Waals surface area contributed by atoms with Gasteiger partial charge in [-0.1, -0.05) is 19.3 Å². The molecule has 1 heterocycles. The summed E-state index contributed by atoms with van der Waals surface area (Å²) < 4.78 is -0.337. The molecule has 1 aliphatic heterocycles. The van der Waals surface area contributed by atoms with Crippen molar-refractivity contribution in [1.82, 2.24) is 0 Å². The van der Waals surface area contributed by atoms with Gasteiger partial charge in [-0.15, -0.1) is 0 Å². The van der Waals surface area contributed by atoms with E-state index >= 15 is 0 Å². The monoisotopic (exact) mass is 312 g/mol. The highest BCUT2D eigenvalue weighted by molar-refractivity contribution is 6.36. The number of carbonyl (C=O) groups excluding carboxylic acids is 2. The SMILES string of the molecule is CC[N+]1(C(=O)C(=O)C2(O)CCCCC2)CCCCC1C(=O)O. The van der Waals surface area contributed by atoms with Crippen LogP contribution in [0.4, 0.5) is 0 Å². The van der Waals surface area contributed by atoms with Crippen LogP contribution in [0.15, 0.2) is 0 Å². The Balaban J connectivity index is 2.30. The molecule has 2 fully saturated rings. The van der Waals surface area contributed by atoms with Gasteiger partial charge in [0.1, 0.15) is 5.60 Å². The minimum atomic E-state index is -1.59. The highest BCUT2D eigenvalue weighted by Crippen LogP contribution is 2.33. The maximum absolute atomic E-state index is 12.9. The van der Waals surface area contributed by atoms with Crippen LogP contribution in [0, 0.1) is 0 Å². The first kappa shape index (κ1) is 17.1. The number of quaternary nitrogens is 1. The van der Waals surface area contributed by atoms with Crippen LogP contribution in [0.3, 0.4) is 0 Å². The first-order valence-electron chi connectivity index (χ1n) is 8.28. The number of piperidine rings is 1. The van der Waals surface area contributed by atoms with Crippen LogP contribution < -0.4 is 0 Å². The first-order valence-corrected chi connectivity index (χ1v) is 8.28. The van der Waals surface area contributed by atoms with Gasteiger partial charge in [-0.05, 0) is 32.6 Å². The van der Waals surface area contributed by atoms with Crippen LogP contribution in [-0.4, -0.2) is 57.1 Å². The number of hydrogen-bond donors (Lipinski definition) is 2. The lowest BCUT2D eigenvalue weighted by molar-refractivity contribution is -0.871. The number of rotatable bonds is 4. The molecule has 1 amide bonds. The molecule has 1 aliphatic carbocycles. The molecule has 0 radical (unpaired) electrons. The van der Waals surface area contributed by atoms with Crippen molar-refractivity contribution in [2.75, 3.05) is 13.1 Å². The fraction of sp³-hybridized carbons (Fsp3) is 0.812. The topological polar surface area (TPSA) is 91.7 Å². The number of carbonyl (C=O) groups is 3. The van der Waals surface area contributed by atoms with Gasteiger partial charge in [0.15, 0.2) is 6.04 Å². The second kappa shape index (κ2) is 6.46. The van der Waals surface area contributed by atoms with Crippen molar-refractivity contribution >= 4 is 17.7 Å². The second-order valence-corrected chi connectivity index (χ2v) is 6.65. The number of aliphatic carboxylic acids is 1. The Morgan fingerprint density at radius 1 is 1.09 bits per heavy atom. The van der Waals surface area contributed by atoms with E-state index in [1.54, 1.807) is 6.92 Å². The number of nitrogens with zero attached hydrogens (tertiary/aromatic N) is 1. The number of aliphatic hydroxyl groups is 1. The molecule has 0 aromatic carbocycles. The lowest BCUT2D eigenvalue weighted by Gasteiger charge is -2.43. The third-order valence-corrected chi connectivity index (χ3v) is 5.43. The van der Waals surface area contributed by atoms with Crippen molar-refractivity contribution in [2.45, 2.75) is 69.9 Å². The highest BCUT2D eigenvalue weighted by Gasteiger charge is 2.55. The van der Waals surface area contributed by atoms with E-state index in [2.05, 4.69) is 0 Å². The normalized spacial score (nSPS) is 31.5. The predicted molar refractivity (Wildman–Crippen MR) is 79.0 cm³/mol. The smallest absolute Gasteiger partial charge is 0.385 e. The largest absolute Gasteiger partial charge is 0.477 e. The maximum atomic E-state index is 12.9. The molecule has 2 N–H and O–H groups in total. The zero-order valence-electron chi connectivity index (χ0n) is 13.2. The summed E-state index contributed by atoms with van der Waals surface area (Å²) >= 11 is 0. The number of Topliss-reactive ketones (excluding diaryl/α,β-unsaturated/α-hetero) is 1. The number of likely N-dealkylation sites (N-methyl/N-ethyl adjacent to an activating group) is 1. The minimum absolute atomic E-state index is 0.275. The van der Waals surface area contributed by atoms with Crippen molar-refractivity contribution in [2.24, 2.45) is 0 Å². The van der Waals surface area contributed by atoms with Crippen LogP contribution in [0.5, 0.6) is 0 Å². The molecule has 6 heteroatoms. The molecule has 0 bridgehead atoms. The first-order chi connectivity index (χ1) is 10.4. The summed E-state index contributed by atoms with van der Waals surface area (Å²) in [7, 11) is 0. The summed E-state index contributed by atoms with van der Waals surface area (Å²) in [4.78, 5) is 37.1. The number of likely N-dealkylation sites (tertiary alicyclic amines) is 1. The molecular weight excluding hydrogens is 286 g/mol. The van der Waals surface area contributed by atoms with Gasteiger partial charge in [0.05, 0.1) is 13.1 Å². The van der Waals surface area contributed by atoms with E-state index in [1.807, 2.05) is 0 Å². The Hall–Kier alpha value is -1.27. The Kier molecular flexibility index (Phi) is 5.02. The summed E-state index contributed by atoms with van der Waals surface area (Å²) in [6, 6.07) is -0.873. The molecule has 0 aromatic rings. The lowest BCUT2D eigenvalue weighted by Crippen LogP contribution is -2.68. The standard InChI is InChI=1S/C16H25NO5/c1-2-17(11-7-4-8-12(17)15(20)21)14(19)13(18)16(22)9-5-3-6-10-16/h12,22H,2-11H2,1H3/p+1. The molecular formula is C16H26NO5+. The van der Waals surface area contributed by atoms with Crippen molar-refractivity contribution in [3.05, 3.63) is 0 Å². The van der Waals surface area contributed by atoms with Gasteiger partial charge in [0, 0.05) is 6.42 Å². The van der Waals surface area contributed by atoms with E-state index in [0.29, 0.717) is 25.8 Å². The highest BCUT2D eigenvalue weighted by atomic mass is 16.4. The van der Waals surface area contributed by atoms with Crippen LogP contribution in [-0.2, 0) is 14.4 Å². The Bertz CT molecular complexity index is 469. The summed E-state index contributed by atoms with van der Waals surface area (Å²) in [6.07, 6.45) is 4.90. The van der Waals surface area contributed by atoms with Gasteiger partial charge in [0.25, 0.3) is 5.78 Å². The van der Waals surface area contributed by atoms with E-state index in [0.717, 1.165) is 32.1 Å². The summed E-state index contributed by atoms with van der Waals surface area (Å²) in [5.74, 6) is -2.51. The van der Waals surface area contributed by atoms with Gasteiger partial charge < -0.3 is 10.2 Å². The number of carboxylic acids is 1. The fourth-order valence-corrected chi connectivity index (χ4v) is 4.00. The Morgan fingerprint density at radius 3 is 2.27 bits per heavy atom. The molecule has 0 aromatic heterocycles. The van der Waals surface area contributed by atoms with Gasteiger partial charge >= 0.3 is 11.9 Å². The van der Waals surface area contributed by atoms with E-state index in [1.165, 1.54) is 0 Å². The fourth-order valence-electron chi connectivity index (χ4n) is 4.00. The molecule has 1 saturated heterocycles. The van der Waals surface area contributed by atoms with E-state index in [4.69, 9.17) is 0 Å². The zero-order chi connectivity index (χ0) is 16.4. The molecule has 1 saturated carbocycles.